The Morgan fingerprint density at radius 2 is 1.50 bits per heavy atom. The summed E-state index contributed by atoms with van der Waals surface area (Å²) in [5.41, 5.74) is 2.19. The highest BCUT2D eigenvalue weighted by molar-refractivity contribution is 6.30. The molecule has 0 radical (unpaired) electrons. The van der Waals surface area contributed by atoms with E-state index in [9.17, 15) is 0 Å². The lowest BCUT2D eigenvalue weighted by atomic mass is 10.1. The maximum Gasteiger partial charge on any atom is 0.231 e. The first-order valence-corrected chi connectivity index (χ1v) is 6.02. The fourth-order valence-corrected chi connectivity index (χ4v) is 1.91. The molecule has 0 unspecified atom stereocenters. The molecule has 1 aliphatic heterocycles. The van der Waals surface area contributed by atoms with E-state index in [2.05, 4.69) is 0 Å². The molecular weight excluding hydrogens is 248 g/mol. The van der Waals surface area contributed by atoms with E-state index < -0.39 is 0 Å². The van der Waals surface area contributed by atoms with Gasteiger partial charge in [-0.3, -0.25) is 0 Å². The van der Waals surface area contributed by atoms with Crippen molar-refractivity contribution in [3.05, 3.63) is 58.6 Å². The van der Waals surface area contributed by atoms with Crippen molar-refractivity contribution in [1.82, 2.24) is 0 Å². The number of ether oxygens (including phenoxy) is 2. The van der Waals surface area contributed by atoms with Gasteiger partial charge in [0, 0.05) is 5.02 Å². The number of rotatable bonds is 2. The van der Waals surface area contributed by atoms with Gasteiger partial charge in [-0.15, -0.1) is 0 Å². The summed E-state index contributed by atoms with van der Waals surface area (Å²) in [6.45, 7) is 0.305. The number of fused-ring (bicyclic) bond motifs is 1. The van der Waals surface area contributed by atoms with Crippen molar-refractivity contribution in [1.29, 1.82) is 0 Å². The van der Waals surface area contributed by atoms with Crippen LogP contribution < -0.4 is 9.47 Å². The summed E-state index contributed by atoms with van der Waals surface area (Å²) in [5.74, 6) is 1.60. The molecule has 0 aromatic heterocycles. The third kappa shape index (κ3) is 2.34. The topological polar surface area (TPSA) is 18.5 Å². The molecule has 1 aliphatic rings. The van der Waals surface area contributed by atoms with E-state index >= 15 is 0 Å². The molecule has 90 valence electrons. The predicted molar refractivity (Wildman–Crippen MR) is 72.9 cm³/mol. The summed E-state index contributed by atoms with van der Waals surface area (Å²) >= 11 is 5.84. The van der Waals surface area contributed by atoms with Gasteiger partial charge in [0.2, 0.25) is 6.79 Å². The maximum absolute atomic E-state index is 5.84. The monoisotopic (exact) mass is 258 g/mol. The van der Waals surface area contributed by atoms with Gasteiger partial charge in [0.1, 0.15) is 0 Å². The van der Waals surface area contributed by atoms with Crippen LogP contribution in [0.15, 0.2) is 42.5 Å². The molecular formula is C15H11ClO2. The van der Waals surface area contributed by atoms with E-state index in [0.717, 1.165) is 27.6 Å². The van der Waals surface area contributed by atoms with Gasteiger partial charge in [-0.1, -0.05) is 42.0 Å². The Morgan fingerprint density at radius 1 is 0.833 bits per heavy atom. The third-order valence-electron chi connectivity index (χ3n) is 2.73. The summed E-state index contributed by atoms with van der Waals surface area (Å²) in [6, 6.07) is 13.6. The highest BCUT2D eigenvalue weighted by atomic mass is 35.5. The average Bonchev–Trinajstić information content (AvgIpc) is 2.85. The lowest BCUT2D eigenvalue weighted by Gasteiger charge is -1.98. The van der Waals surface area contributed by atoms with Gasteiger partial charge in [-0.25, -0.2) is 0 Å². The molecule has 0 N–H and O–H groups in total. The normalized spacial score (nSPS) is 13.2. The van der Waals surface area contributed by atoms with Gasteiger partial charge < -0.3 is 9.47 Å². The Balaban J connectivity index is 1.82. The molecule has 0 saturated carbocycles. The largest absolute Gasteiger partial charge is 0.454 e. The van der Waals surface area contributed by atoms with E-state index in [4.69, 9.17) is 21.1 Å². The standard InChI is InChI=1S/C15H11ClO2/c16-13-6-3-11(4-7-13)1-2-12-5-8-14-15(9-12)18-10-17-14/h1-9H,10H2/b2-1+. The number of hydrogen-bond donors (Lipinski definition) is 0. The molecule has 18 heavy (non-hydrogen) atoms. The Bertz CT molecular complexity index is 588. The molecule has 3 heteroatoms. The zero-order valence-corrected chi connectivity index (χ0v) is 10.4. The van der Waals surface area contributed by atoms with Gasteiger partial charge in [-0.2, -0.15) is 0 Å². The zero-order valence-electron chi connectivity index (χ0n) is 9.60. The van der Waals surface area contributed by atoms with Crippen LogP contribution in [0, 0.1) is 0 Å². The second-order valence-electron chi connectivity index (χ2n) is 4.00. The SMILES string of the molecule is Clc1ccc(/C=C/c2ccc3c(c2)OCO3)cc1. The number of hydrogen-bond acceptors (Lipinski definition) is 2. The van der Waals surface area contributed by atoms with Crippen molar-refractivity contribution >= 4 is 23.8 Å². The Morgan fingerprint density at radius 3 is 2.33 bits per heavy atom. The average molecular weight is 259 g/mol. The molecule has 2 nitrogen and oxygen atoms in total. The third-order valence-corrected chi connectivity index (χ3v) is 2.99. The van der Waals surface area contributed by atoms with Gasteiger partial charge in [-0.05, 0) is 35.4 Å². The molecule has 0 spiro atoms. The molecule has 0 atom stereocenters. The Kier molecular flexibility index (Phi) is 2.95. The zero-order chi connectivity index (χ0) is 12.4. The van der Waals surface area contributed by atoms with Crippen LogP contribution in [0.5, 0.6) is 11.5 Å². The molecule has 1 heterocycles. The van der Waals surface area contributed by atoms with Crippen molar-refractivity contribution in [2.75, 3.05) is 6.79 Å². The first kappa shape index (κ1) is 11.2. The van der Waals surface area contributed by atoms with Gasteiger partial charge in [0.25, 0.3) is 0 Å². The van der Waals surface area contributed by atoms with Gasteiger partial charge >= 0.3 is 0 Å². The van der Waals surface area contributed by atoms with Crippen molar-refractivity contribution < 1.29 is 9.47 Å². The molecule has 0 aliphatic carbocycles. The summed E-state index contributed by atoms with van der Waals surface area (Å²) in [4.78, 5) is 0. The Labute approximate surface area is 110 Å². The van der Waals surface area contributed by atoms with E-state index in [1.807, 2.05) is 54.6 Å². The smallest absolute Gasteiger partial charge is 0.231 e. The highest BCUT2D eigenvalue weighted by Crippen LogP contribution is 2.32. The minimum atomic E-state index is 0.305. The summed E-state index contributed by atoms with van der Waals surface area (Å²) in [5, 5.41) is 0.746. The molecule has 0 bridgehead atoms. The predicted octanol–water partition coefficient (Wildman–Crippen LogP) is 4.24. The minimum Gasteiger partial charge on any atom is -0.454 e. The van der Waals surface area contributed by atoms with Gasteiger partial charge in [0.15, 0.2) is 11.5 Å². The minimum absolute atomic E-state index is 0.305. The fourth-order valence-electron chi connectivity index (χ4n) is 1.78. The van der Waals surface area contributed by atoms with Crippen molar-refractivity contribution in [3.63, 3.8) is 0 Å². The molecule has 0 amide bonds. The second kappa shape index (κ2) is 4.75. The molecule has 2 aromatic carbocycles. The molecule has 0 saturated heterocycles. The number of benzene rings is 2. The highest BCUT2D eigenvalue weighted by Gasteiger charge is 2.11. The van der Waals surface area contributed by atoms with E-state index in [-0.39, 0.29) is 0 Å². The first-order valence-electron chi connectivity index (χ1n) is 5.64. The summed E-state index contributed by atoms with van der Waals surface area (Å²) in [7, 11) is 0. The van der Waals surface area contributed by atoms with Crippen LogP contribution in [0.3, 0.4) is 0 Å². The molecule has 3 rings (SSSR count). The van der Waals surface area contributed by atoms with E-state index in [1.54, 1.807) is 0 Å². The van der Waals surface area contributed by atoms with Crippen LogP contribution in [0.4, 0.5) is 0 Å². The van der Waals surface area contributed by atoms with Crippen LogP contribution in [0.25, 0.3) is 12.2 Å². The van der Waals surface area contributed by atoms with E-state index in [0.29, 0.717) is 6.79 Å². The second-order valence-corrected chi connectivity index (χ2v) is 4.43. The lowest BCUT2D eigenvalue weighted by Crippen LogP contribution is -1.92. The van der Waals surface area contributed by atoms with Crippen LogP contribution in [0.1, 0.15) is 11.1 Å². The maximum atomic E-state index is 5.84. The molecule has 2 aromatic rings. The fraction of sp³-hybridized carbons (Fsp3) is 0.0667. The van der Waals surface area contributed by atoms with Crippen LogP contribution in [-0.4, -0.2) is 6.79 Å². The van der Waals surface area contributed by atoms with E-state index in [1.165, 1.54) is 0 Å². The van der Waals surface area contributed by atoms with Crippen LogP contribution in [0.2, 0.25) is 5.02 Å². The molecule has 0 fully saturated rings. The summed E-state index contributed by atoms with van der Waals surface area (Å²) < 4.78 is 10.6. The summed E-state index contributed by atoms with van der Waals surface area (Å²) in [6.07, 6.45) is 4.07. The van der Waals surface area contributed by atoms with Crippen molar-refractivity contribution in [3.8, 4) is 11.5 Å². The Hall–Kier alpha value is -1.93. The van der Waals surface area contributed by atoms with Crippen molar-refractivity contribution in [2.24, 2.45) is 0 Å². The van der Waals surface area contributed by atoms with Crippen molar-refractivity contribution in [2.45, 2.75) is 0 Å². The quantitative estimate of drug-likeness (QED) is 0.750. The first-order chi connectivity index (χ1) is 8.81. The van der Waals surface area contributed by atoms with Gasteiger partial charge in [0.05, 0.1) is 0 Å². The number of halogens is 1. The van der Waals surface area contributed by atoms with Crippen LogP contribution >= 0.6 is 11.6 Å². The lowest BCUT2D eigenvalue weighted by molar-refractivity contribution is 0.174. The van der Waals surface area contributed by atoms with Crippen LogP contribution in [-0.2, 0) is 0 Å².